The number of nitrogens with one attached hydrogen (secondary N) is 1. The summed E-state index contributed by atoms with van der Waals surface area (Å²) in [6.07, 6.45) is 0. The Hall–Kier alpha value is -2.20. The molecule has 4 heteroatoms. The van der Waals surface area contributed by atoms with Crippen molar-refractivity contribution < 1.29 is 14.2 Å². The van der Waals surface area contributed by atoms with Crippen molar-refractivity contribution in [2.45, 2.75) is 26.4 Å². The third-order valence-electron chi connectivity index (χ3n) is 3.91. The number of ether oxygens (including phenoxy) is 3. The maximum absolute atomic E-state index is 5.39. The van der Waals surface area contributed by atoms with Gasteiger partial charge in [-0.1, -0.05) is 29.8 Å². The molecule has 124 valence electrons. The molecule has 0 radical (unpaired) electrons. The zero-order valence-corrected chi connectivity index (χ0v) is 14.5. The molecule has 0 aromatic heterocycles. The van der Waals surface area contributed by atoms with Gasteiger partial charge in [-0.25, -0.2) is 0 Å². The lowest BCUT2D eigenvalue weighted by Crippen LogP contribution is -2.18. The summed E-state index contributed by atoms with van der Waals surface area (Å²) in [5, 5.41) is 3.52. The van der Waals surface area contributed by atoms with Crippen molar-refractivity contribution in [3.05, 3.63) is 53.1 Å². The van der Waals surface area contributed by atoms with Crippen LogP contribution in [0.2, 0.25) is 0 Å². The highest BCUT2D eigenvalue weighted by molar-refractivity contribution is 5.53. The van der Waals surface area contributed by atoms with Crippen molar-refractivity contribution in [1.82, 2.24) is 5.32 Å². The van der Waals surface area contributed by atoms with E-state index in [4.69, 9.17) is 14.2 Å². The molecular formula is C19H25NO3. The van der Waals surface area contributed by atoms with Crippen molar-refractivity contribution in [2.75, 3.05) is 21.3 Å². The van der Waals surface area contributed by atoms with Crippen molar-refractivity contribution >= 4 is 0 Å². The largest absolute Gasteiger partial charge is 0.493 e. The van der Waals surface area contributed by atoms with E-state index in [1.165, 1.54) is 11.1 Å². The monoisotopic (exact) mass is 315 g/mol. The molecule has 2 aromatic rings. The van der Waals surface area contributed by atoms with Crippen LogP contribution in [-0.4, -0.2) is 21.3 Å². The van der Waals surface area contributed by atoms with Crippen LogP contribution in [-0.2, 0) is 6.54 Å². The van der Waals surface area contributed by atoms with E-state index in [1.54, 1.807) is 21.3 Å². The Balaban J connectivity index is 2.12. The molecule has 0 bridgehead atoms. The first-order valence-corrected chi connectivity index (χ1v) is 7.67. The molecule has 0 heterocycles. The first kappa shape index (κ1) is 17.2. The van der Waals surface area contributed by atoms with Crippen LogP contribution in [0.3, 0.4) is 0 Å². The Morgan fingerprint density at radius 2 is 1.48 bits per heavy atom. The molecule has 23 heavy (non-hydrogen) atoms. The molecule has 2 rings (SSSR count). The highest BCUT2D eigenvalue weighted by atomic mass is 16.5. The third kappa shape index (κ3) is 4.17. The zero-order chi connectivity index (χ0) is 16.8. The van der Waals surface area contributed by atoms with Crippen molar-refractivity contribution in [2.24, 2.45) is 0 Å². The van der Waals surface area contributed by atoms with Crippen LogP contribution in [0, 0.1) is 6.92 Å². The molecule has 0 aliphatic carbocycles. The second kappa shape index (κ2) is 7.88. The SMILES string of the molecule is COc1cc(CNC(C)c2ccc(C)cc2)cc(OC)c1OC. The molecule has 0 amide bonds. The maximum atomic E-state index is 5.39. The van der Waals surface area contributed by atoms with Crippen molar-refractivity contribution in [1.29, 1.82) is 0 Å². The first-order chi connectivity index (χ1) is 11.1. The summed E-state index contributed by atoms with van der Waals surface area (Å²) in [7, 11) is 4.87. The average Bonchev–Trinajstić information content (AvgIpc) is 2.59. The van der Waals surface area contributed by atoms with Gasteiger partial charge in [-0.2, -0.15) is 0 Å². The van der Waals surface area contributed by atoms with Crippen LogP contribution < -0.4 is 19.5 Å². The van der Waals surface area contributed by atoms with Crippen LogP contribution in [0.5, 0.6) is 17.2 Å². The van der Waals surface area contributed by atoms with Crippen molar-refractivity contribution in [3.63, 3.8) is 0 Å². The van der Waals surface area contributed by atoms with Crippen molar-refractivity contribution in [3.8, 4) is 17.2 Å². The van der Waals surface area contributed by atoms with Crippen LogP contribution in [0.25, 0.3) is 0 Å². The summed E-state index contributed by atoms with van der Waals surface area (Å²) >= 11 is 0. The number of aryl methyl sites for hydroxylation is 1. The standard InChI is InChI=1S/C19H25NO3/c1-13-6-8-16(9-7-13)14(2)20-12-15-10-17(21-3)19(23-5)18(11-15)22-4/h6-11,14,20H,12H2,1-5H3. The summed E-state index contributed by atoms with van der Waals surface area (Å²) in [5.41, 5.74) is 3.62. The summed E-state index contributed by atoms with van der Waals surface area (Å²) in [6.45, 7) is 4.96. The number of benzene rings is 2. The minimum absolute atomic E-state index is 0.259. The van der Waals surface area contributed by atoms with Crippen LogP contribution >= 0.6 is 0 Å². The Bertz CT molecular complexity index is 613. The predicted molar refractivity (Wildman–Crippen MR) is 92.5 cm³/mol. The number of rotatable bonds is 7. The number of hydrogen-bond acceptors (Lipinski definition) is 4. The lowest BCUT2D eigenvalue weighted by Gasteiger charge is -2.17. The van der Waals surface area contributed by atoms with Gasteiger partial charge >= 0.3 is 0 Å². The molecule has 1 N–H and O–H groups in total. The van der Waals surface area contributed by atoms with E-state index in [0.717, 1.165) is 5.56 Å². The summed E-state index contributed by atoms with van der Waals surface area (Å²) < 4.78 is 16.1. The fraction of sp³-hybridized carbons (Fsp3) is 0.368. The summed E-state index contributed by atoms with van der Waals surface area (Å²) in [5.74, 6) is 1.96. The Kier molecular flexibility index (Phi) is 5.88. The molecule has 4 nitrogen and oxygen atoms in total. The first-order valence-electron chi connectivity index (χ1n) is 7.67. The van der Waals surface area contributed by atoms with E-state index < -0.39 is 0 Å². The van der Waals surface area contributed by atoms with Gasteiger partial charge in [0.15, 0.2) is 11.5 Å². The van der Waals surface area contributed by atoms with E-state index in [-0.39, 0.29) is 6.04 Å². The normalized spacial score (nSPS) is 11.9. The van der Waals surface area contributed by atoms with E-state index in [9.17, 15) is 0 Å². The van der Waals surface area contributed by atoms with E-state index in [0.29, 0.717) is 23.8 Å². The quantitative estimate of drug-likeness (QED) is 0.842. The Morgan fingerprint density at radius 1 is 0.913 bits per heavy atom. The Morgan fingerprint density at radius 3 is 1.96 bits per heavy atom. The topological polar surface area (TPSA) is 39.7 Å². The molecule has 0 aliphatic rings. The minimum atomic E-state index is 0.259. The number of hydrogen-bond donors (Lipinski definition) is 1. The molecular weight excluding hydrogens is 290 g/mol. The molecule has 1 unspecified atom stereocenters. The molecule has 0 saturated carbocycles. The minimum Gasteiger partial charge on any atom is -0.493 e. The van der Waals surface area contributed by atoms with Gasteiger partial charge in [0.2, 0.25) is 5.75 Å². The number of methoxy groups -OCH3 is 3. The third-order valence-corrected chi connectivity index (χ3v) is 3.91. The molecule has 1 atom stereocenters. The maximum Gasteiger partial charge on any atom is 0.203 e. The van der Waals surface area contributed by atoms with Crippen LogP contribution in [0.15, 0.2) is 36.4 Å². The van der Waals surface area contributed by atoms with Gasteiger partial charge in [-0.3, -0.25) is 0 Å². The molecule has 0 fully saturated rings. The van der Waals surface area contributed by atoms with Gasteiger partial charge in [0.25, 0.3) is 0 Å². The van der Waals surface area contributed by atoms with Gasteiger partial charge in [0.1, 0.15) is 0 Å². The van der Waals surface area contributed by atoms with Gasteiger partial charge in [-0.15, -0.1) is 0 Å². The van der Waals surface area contributed by atoms with Gasteiger partial charge < -0.3 is 19.5 Å². The van der Waals surface area contributed by atoms with Gasteiger partial charge in [0, 0.05) is 12.6 Å². The highest BCUT2D eigenvalue weighted by Crippen LogP contribution is 2.38. The van der Waals surface area contributed by atoms with Crippen LogP contribution in [0.1, 0.15) is 29.7 Å². The summed E-state index contributed by atoms with van der Waals surface area (Å²) in [4.78, 5) is 0. The van der Waals surface area contributed by atoms with E-state index >= 15 is 0 Å². The molecule has 0 saturated heterocycles. The Labute approximate surface area is 138 Å². The molecule has 2 aromatic carbocycles. The summed E-state index contributed by atoms with van der Waals surface area (Å²) in [6, 6.07) is 12.8. The van der Waals surface area contributed by atoms with E-state index in [1.807, 2.05) is 12.1 Å². The fourth-order valence-electron chi connectivity index (χ4n) is 2.48. The van der Waals surface area contributed by atoms with E-state index in [2.05, 4.69) is 43.4 Å². The van der Waals surface area contributed by atoms with Crippen LogP contribution in [0.4, 0.5) is 0 Å². The lowest BCUT2D eigenvalue weighted by molar-refractivity contribution is 0.323. The second-order valence-electron chi connectivity index (χ2n) is 5.55. The fourth-order valence-corrected chi connectivity index (χ4v) is 2.48. The molecule has 0 spiro atoms. The second-order valence-corrected chi connectivity index (χ2v) is 5.55. The molecule has 0 aliphatic heterocycles. The average molecular weight is 315 g/mol. The smallest absolute Gasteiger partial charge is 0.203 e. The van der Waals surface area contributed by atoms with Gasteiger partial charge in [0.05, 0.1) is 21.3 Å². The highest BCUT2D eigenvalue weighted by Gasteiger charge is 2.13. The lowest BCUT2D eigenvalue weighted by atomic mass is 10.1. The zero-order valence-electron chi connectivity index (χ0n) is 14.5. The van der Waals surface area contributed by atoms with Gasteiger partial charge in [-0.05, 0) is 37.1 Å². The predicted octanol–water partition coefficient (Wildman–Crippen LogP) is 3.87.